The summed E-state index contributed by atoms with van der Waals surface area (Å²) in [5.74, 6) is -0.310. The monoisotopic (exact) mass is 274 g/mol. The van der Waals surface area contributed by atoms with E-state index in [1.165, 1.54) is 0 Å². The van der Waals surface area contributed by atoms with Gasteiger partial charge in [0.15, 0.2) is 0 Å². The molecule has 1 atom stereocenters. The van der Waals surface area contributed by atoms with Crippen molar-refractivity contribution in [3.63, 3.8) is 0 Å². The van der Waals surface area contributed by atoms with E-state index in [9.17, 15) is 9.90 Å². The molecule has 1 aliphatic heterocycles. The first-order chi connectivity index (χ1) is 9.31. The van der Waals surface area contributed by atoms with E-state index in [0.717, 1.165) is 12.0 Å². The van der Waals surface area contributed by atoms with Gasteiger partial charge in [-0.3, -0.25) is 4.79 Å². The Balaban J connectivity index is 2.28. The number of aliphatic hydroxyl groups is 1. The van der Waals surface area contributed by atoms with E-state index in [4.69, 9.17) is 5.73 Å². The normalized spacial score (nSPS) is 19.9. The molecule has 0 aliphatic carbocycles. The van der Waals surface area contributed by atoms with Crippen LogP contribution in [0.1, 0.15) is 38.8 Å². The van der Waals surface area contributed by atoms with Gasteiger partial charge in [-0.2, -0.15) is 0 Å². The number of nitrogens with two attached hydrogens (primary N) is 1. The van der Waals surface area contributed by atoms with Gasteiger partial charge < -0.3 is 15.7 Å². The third-order valence-electron chi connectivity index (χ3n) is 3.56. The number of benzene rings is 1. The zero-order valence-electron chi connectivity index (χ0n) is 12.3. The molecule has 108 valence electrons. The molecule has 1 unspecified atom stereocenters. The molecule has 0 fully saturated rings. The minimum absolute atomic E-state index is 0.0323. The lowest BCUT2D eigenvalue weighted by atomic mass is 9.91. The molecule has 0 aromatic heterocycles. The van der Waals surface area contributed by atoms with Crippen LogP contribution >= 0.6 is 0 Å². The fourth-order valence-electron chi connectivity index (χ4n) is 2.34. The average Bonchev–Trinajstić information content (AvgIpc) is 2.61. The van der Waals surface area contributed by atoms with E-state index in [1.54, 1.807) is 4.90 Å². The summed E-state index contributed by atoms with van der Waals surface area (Å²) in [7, 11) is 0. The van der Waals surface area contributed by atoms with Crippen molar-refractivity contribution in [2.75, 3.05) is 6.54 Å². The summed E-state index contributed by atoms with van der Waals surface area (Å²) >= 11 is 0. The Labute approximate surface area is 119 Å². The first-order valence-electron chi connectivity index (χ1n) is 6.86. The van der Waals surface area contributed by atoms with Crippen LogP contribution < -0.4 is 5.73 Å². The molecule has 4 nitrogen and oxygen atoms in total. The molecule has 1 aromatic rings. The zero-order chi connectivity index (χ0) is 14.9. The Morgan fingerprint density at radius 2 is 1.85 bits per heavy atom. The molecule has 4 heteroatoms. The second kappa shape index (κ2) is 5.19. The van der Waals surface area contributed by atoms with Crippen molar-refractivity contribution in [3.05, 3.63) is 47.4 Å². The van der Waals surface area contributed by atoms with Gasteiger partial charge in [0.25, 0.3) is 5.91 Å². The van der Waals surface area contributed by atoms with Crippen molar-refractivity contribution in [2.45, 2.75) is 33.2 Å². The molecule has 0 saturated heterocycles. The molecule has 0 bridgehead atoms. The quantitative estimate of drug-likeness (QED) is 0.890. The molecule has 1 amide bonds. The number of hydrogen-bond donors (Lipinski definition) is 2. The zero-order valence-corrected chi connectivity index (χ0v) is 12.3. The number of rotatable bonds is 3. The summed E-state index contributed by atoms with van der Waals surface area (Å²) in [6.45, 7) is 6.96. The van der Waals surface area contributed by atoms with Crippen molar-refractivity contribution < 1.29 is 9.90 Å². The van der Waals surface area contributed by atoms with Gasteiger partial charge in [-0.15, -0.1) is 0 Å². The van der Waals surface area contributed by atoms with E-state index in [2.05, 4.69) is 20.8 Å². The van der Waals surface area contributed by atoms with Crippen molar-refractivity contribution >= 4 is 5.91 Å². The van der Waals surface area contributed by atoms with Gasteiger partial charge in [0, 0.05) is 6.54 Å². The van der Waals surface area contributed by atoms with Crippen LogP contribution in [0.5, 0.6) is 0 Å². The largest absolute Gasteiger partial charge is 0.507 e. The minimum Gasteiger partial charge on any atom is -0.507 e. The fraction of sp³-hybridized carbons (Fsp3) is 0.438. The van der Waals surface area contributed by atoms with Crippen molar-refractivity contribution in [1.82, 2.24) is 4.90 Å². The molecular formula is C16H22N2O2. The number of nitrogens with zero attached hydrogens (tertiary/aromatic N) is 1. The van der Waals surface area contributed by atoms with E-state index < -0.39 is 6.04 Å². The van der Waals surface area contributed by atoms with Crippen LogP contribution in [0.2, 0.25) is 0 Å². The lowest BCUT2D eigenvalue weighted by Crippen LogP contribution is -2.34. The van der Waals surface area contributed by atoms with Crippen molar-refractivity contribution in [1.29, 1.82) is 0 Å². The van der Waals surface area contributed by atoms with E-state index in [-0.39, 0.29) is 22.8 Å². The van der Waals surface area contributed by atoms with Gasteiger partial charge in [-0.25, -0.2) is 0 Å². The molecular weight excluding hydrogens is 252 g/mol. The van der Waals surface area contributed by atoms with Gasteiger partial charge in [-0.1, -0.05) is 51.1 Å². The molecule has 1 aliphatic rings. The topological polar surface area (TPSA) is 66.6 Å². The maximum Gasteiger partial charge on any atom is 0.274 e. The number of aliphatic hydroxyl groups excluding tert-OH is 1. The lowest BCUT2D eigenvalue weighted by Gasteiger charge is -2.28. The maximum atomic E-state index is 12.2. The molecule has 1 heterocycles. The third kappa shape index (κ3) is 2.79. The fourth-order valence-corrected chi connectivity index (χ4v) is 2.34. The van der Waals surface area contributed by atoms with Gasteiger partial charge in [0.1, 0.15) is 17.5 Å². The number of carbonyl (C=O) groups excluding carboxylic acids is 1. The van der Waals surface area contributed by atoms with Crippen LogP contribution in [0.15, 0.2) is 41.8 Å². The van der Waals surface area contributed by atoms with Crippen LogP contribution in [0.3, 0.4) is 0 Å². The summed E-state index contributed by atoms with van der Waals surface area (Å²) in [4.78, 5) is 13.9. The SMILES string of the molecule is CC(C)(C)CCN1C(=O)C(N)=C(O)C1c1ccccc1. The van der Waals surface area contributed by atoms with Gasteiger partial charge in [0.2, 0.25) is 0 Å². The van der Waals surface area contributed by atoms with Gasteiger partial charge in [0.05, 0.1) is 0 Å². The smallest absolute Gasteiger partial charge is 0.274 e. The summed E-state index contributed by atoms with van der Waals surface area (Å²) < 4.78 is 0. The second-order valence-electron chi connectivity index (χ2n) is 6.42. The van der Waals surface area contributed by atoms with Gasteiger partial charge >= 0.3 is 0 Å². The highest BCUT2D eigenvalue weighted by atomic mass is 16.3. The first kappa shape index (κ1) is 14.4. The van der Waals surface area contributed by atoms with Gasteiger partial charge in [-0.05, 0) is 17.4 Å². The molecule has 20 heavy (non-hydrogen) atoms. The standard InChI is InChI=1S/C16H22N2O2/c1-16(2,3)9-10-18-13(11-7-5-4-6-8-11)14(19)12(17)15(18)20/h4-8,13,19H,9-10,17H2,1-3H3. The predicted molar refractivity (Wildman–Crippen MR) is 78.8 cm³/mol. The van der Waals surface area contributed by atoms with Crippen molar-refractivity contribution in [2.24, 2.45) is 11.1 Å². The summed E-state index contributed by atoms with van der Waals surface area (Å²) in [5, 5.41) is 10.2. The van der Waals surface area contributed by atoms with E-state index >= 15 is 0 Å². The van der Waals surface area contributed by atoms with Crippen LogP contribution in [0.4, 0.5) is 0 Å². The highest BCUT2D eigenvalue weighted by Gasteiger charge is 2.39. The van der Waals surface area contributed by atoms with Crippen LogP contribution in [0, 0.1) is 5.41 Å². The molecule has 2 rings (SSSR count). The number of amides is 1. The Hall–Kier alpha value is -1.97. The summed E-state index contributed by atoms with van der Waals surface area (Å²) in [6, 6.07) is 9.04. The minimum atomic E-state index is -0.453. The Kier molecular flexibility index (Phi) is 3.75. The molecule has 1 aromatic carbocycles. The molecule has 0 radical (unpaired) electrons. The predicted octanol–water partition coefficient (Wildman–Crippen LogP) is 2.73. The maximum absolute atomic E-state index is 12.2. The highest BCUT2D eigenvalue weighted by Crippen LogP contribution is 2.35. The number of hydrogen-bond acceptors (Lipinski definition) is 3. The number of carbonyl (C=O) groups is 1. The Morgan fingerprint density at radius 3 is 2.40 bits per heavy atom. The molecule has 0 saturated carbocycles. The van der Waals surface area contributed by atoms with Crippen molar-refractivity contribution in [3.8, 4) is 0 Å². The lowest BCUT2D eigenvalue weighted by molar-refractivity contribution is -0.127. The molecule has 3 N–H and O–H groups in total. The first-order valence-corrected chi connectivity index (χ1v) is 6.86. The Bertz CT molecular complexity index is 529. The average molecular weight is 274 g/mol. The Morgan fingerprint density at radius 1 is 1.25 bits per heavy atom. The van der Waals surface area contributed by atoms with Crippen LogP contribution in [-0.4, -0.2) is 22.5 Å². The van der Waals surface area contributed by atoms with E-state index in [1.807, 2.05) is 30.3 Å². The molecule has 0 spiro atoms. The second-order valence-corrected chi connectivity index (χ2v) is 6.42. The van der Waals surface area contributed by atoms with Crippen LogP contribution in [-0.2, 0) is 4.79 Å². The highest BCUT2D eigenvalue weighted by molar-refractivity contribution is 5.96. The summed E-state index contributed by atoms with van der Waals surface area (Å²) in [6.07, 6.45) is 0.850. The summed E-state index contributed by atoms with van der Waals surface area (Å²) in [5.41, 5.74) is 6.68. The third-order valence-corrected chi connectivity index (χ3v) is 3.56. The van der Waals surface area contributed by atoms with E-state index in [0.29, 0.717) is 6.54 Å². The van der Waals surface area contributed by atoms with Crippen LogP contribution in [0.25, 0.3) is 0 Å².